The van der Waals surface area contributed by atoms with Gasteiger partial charge in [-0.1, -0.05) is 44.2 Å². The van der Waals surface area contributed by atoms with Crippen LogP contribution in [0.3, 0.4) is 0 Å². The quantitative estimate of drug-likeness (QED) is 0.795. The zero-order valence-corrected chi connectivity index (χ0v) is 12.3. The molecule has 2 N–H and O–H groups in total. The Kier molecular flexibility index (Phi) is 9.85. The van der Waals surface area contributed by atoms with E-state index in [1.165, 1.54) is 5.56 Å². The molecule has 0 aliphatic carbocycles. The van der Waals surface area contributed by atoms with Crippen LogP contribution in [0.15, 0.2) is 42.2 Å². The Balaban J connectivity index is 0.000000741. The van der Waals surface area contributed by atoms with Crippen LogP contribution in [0.1, 0.15) is 45.3 Å². The lowest BCUT2D eigenvalue weighted by molar-refractivity contribution is 0.0693. The summed E-state index contributed by atoms with van der Waals surface area (Å²) in [5.41, 5.74) is 1.23. The van der Waals surface area contributed by atoms with Crippen molar-refractivity contribution in [2.24, 2.45) is 0 Å². The summed E-state index contributed by atoms with van der Waals surface area (Å²) in [5.74, 6) is 0.341. The normalized spacial score (nSPS) is 21.8. The molecule has 1 saturated heterocycles. The molecule has 2 unspecified atom stereocenters. The van der Waals surface area contributed by atoms with Crippen LogP contribution in [-0.2, 0) is 4.74 Å². The smallest absolute Gasteiger partial charge is 0.0877 e. The molecular weight excluding hydrogens is 240 g/mol. The van der Waals surface area contributed by atoms with Crippen LogP contribution in [-0.4, -0.2) is 23.4 Å². The van der Waals surface area contributed by atoms with Gasteiger partial charge in [0, 0.05) is 7.11 Å². The van der Waals surface area contributed by atoms with Gasteiger partial charge < -0.3 is 14.9 Å². The number of hydrogen-bond acceptors (Lipinski definition) is 3. The number of hydrogen-bond donors (Lipinski definition) is 2. The van der Waals surface area contributed by atoms with Gasteiger partial charge in [-0.3, -0.25) is 0 Å². The monoisotopic (exact) mass is 266 g/mol. The first kappa shape index (κ1) is 17.7. The average molecular weight is 266 g/mol. The molecule has 3 heteroatoms. The second kappa shape index (κ2) is 10.6. The molecule has 3 nitrogen and oxygen atoms in total. The maximum absolute atomic E-state index is 9.15. The van der Waals surface area contributed by atoms with Crippen LogP contribution in [0.25, 0.3) is 0 Å². The largest absolute Gasteiger partial charge is 0.513 e. The first-order valence-electron chi connectivity index (χ1n) is 6.78. The second-order valence-electron chi connectivity index (χ2n) is 3.96. The van der Waals surface area contributed by atoms with Crippen LogP contribution in [0.5, 0.6) is 0 Å². The Labute approximate surface area is 116 Å². The van der Waals surface area contributed by atoms with Gasteiger partial charge in [0.1, 0.15) is 0 Å². The summed E-state index contributed by atoms with van der Waals surface area (Å²) in [4.78, 5) is 0. The number of rotatable bonds is 2. The van der Waals surface area contributed by atoms with Crippen molar-refractivity contribution < 1.29 is 14.9 Å². The fourth-order valence-corrected chi connectivity index (χ4v) is 1.97. The third-order valence-corrected chi connectivity index (χ3v) is 2.65. The second-order valence-corrected chi connectivity index (χ2v) is 3.96. The van der Waals surface area contributed by atoms with E-state index >= 15 is 0 Å². The lowest BCUT2D eigenvalue weighted by Gasteiger charge is -2.11. The summed E-state index contributed by atoms with van der Waals surface area (Å²) in [6.45, 7) is 5.68. The minimum Gasteiger partial charge on any atom is -0.513 e. The highest BCUT2D eigenvalue weighted by molar-refractivity contribution is 5.18. The summed E-state index contributed by atoms with van der Waals surface area (Å²) >= 11 is 0. The molecule has 1 aromatic rings. The molecule has 1 aliphatic heterocycles. The van der Waals surface area contributed by atoms with Crippen LogP contribution in [0.2, 0.25) is 0 Å². The van der Waals surface area contributed by atoms with E-state index < -0.39 is 0 Å². The van der Waals surface area contributed by atoms with Crippen molar-refractivity contribution in [3.63, 3.8) is 0 Å². The SMILES string of the molecule is C/C(O)=C/C1CCC(c2ccccc2)O1.CC.CO. The average Bonchev–Trinajstić information content (AvgIpc) is 2.92. The molecule has 1 aliphatic rings. The first-order chi connectivity index (χ1) is 9.25. The van der Waals surface area contributed by atoms with Gasteiger partial charge in [-0.2, -0.15) is 0 Å². The summed E-state index contributed by atoms with van der Waals surface area (Å²) in [6, 6.07) is 10.2. The molecular formula is C16H26O3. The third kappa shape index (κ3) is 6.41. The maximum atomic E-state index is 9.15. The minimum absolute atomic E-state index is 0.0696. The van der Waals surface area contributed by atoms with Crippen LogP contribution in [0.4, 0.5) is 0 Å². The third-order valence-electron chi connectivity index (χ3n) is 2.65. The molecule has 1 fully saturated rings. The fourth-order valence-electron chi connectivity index (χ4n) is 1.97. The summed E-state index contributed by atoms with van der Waals surface area (Å²) in [5, 5.41) is 16.2. The van der Waals surface area contributed by atoms with Gasteiger partial charge in [0.05, 0.1) is 18.0 Å². The first-order valence-corrected chi connectivity index (χ1v) is 6.78. The standard InChI is InChI=1S/C13H16O2.C2H6.CH4O/c1-10(14)9-12-7-8-13(15-12)11-5-3-2-4-6-11;2*1-2/h2-6,9,12-14H,7-8H2,1H3;1-2H3;2H,1H3/b10-9-;;. The number of aliphatic hydroxyl groups excluding tert-OH is 2. The molecule has 2 rings (SSSR count). The maximum Gasteiger partial charge on any atom is 0.0877 e. The Morgan fingerprint density at radius 1 is 1.16 bits per heavy atom. The van der Waals surface area contributed by atoms with Crippen LogP contribution < -0.4 is 0 Å². The molecule has 0 radical (unpaired) electrons. The number of ether oxygens (including phenoxy) is 1. The molecule has 1 heterocycles. The highest BCUT2D eigenvalue weighted by atomic mass is 16.5. The Morgan fingerprint density at radius 3 is 2.26 bits per heavy atom. The molecule has 2 atom stereocenters. The van der Waals surface area contributed by atoms with Gasteiger partial charge in [0.2, 0.25) is 0 Å². The van der Waals surface area contributed by atoms with Gasteiger partial charge in [0.15, 0.2) is 0 Å². The van der Waals surface area contributed by atoms with Crippen molar-refractivity contribution in [3.8, 4) is 0 Å². The predicted molar refractivity (Wildman–Crippen MR) is 79.2 cm³/mol. The van der Waals surface area contributed by atoms with Crippen LogP contribution >= 0.6 is 0 Å². The Morgan fingerprint density at radius 2 is 1.74 bits per heavy atom. The molecule has 0 saturated carbocycles. The van der Waals surface area contributed by atoms with Crippen molar-refractivity contribution in [1.82, 2.24) is 0 Å². The van der Waals surface area contributed by atoms with Crippen molar-refractivity contribution in [2.75, 3.05) is 7.11 Å². The van der Waals surface area contributed by atoms with E-state index in [9.17, 15) is 0 Å². The lowest BCUT2D eigenvalue weighted by atomic mass is 10.1. The van der Waals surface area contributed by atoms with Crippen molar-refractivity contribution in [1.29, 1.82) is 0 Å². The summed E-state index contributed by atoms with van der Waals surface area (Å²) in [7, 11) is 1.00. The fraction of sp³-hybridized carbons (Fsp3) is 0.500. The number of allylic oxidation sites excluding steroid dienone is 1. The van der Waals surface area contributed by atoms with Crippen LogP contribution in [0, 0.1) is 0 Å². The van der Waals surface area contributed by atoms with Crippen molar-refractivity contribution in [2.45, 2.75) is 45.8 Å². The van der Waals surface area contributed by atoms with E-state index in [1.807, 2.05) is 32.0 Å². The van der Waals surface area contributed by atoms with Crippen molar-refractivity contribution in [3.05, 3.63) is 47.7 Å². The van der Waals surface area contributed by atoms with E-state index in [0.717, 1.165) is 20.0 Å². The molecule has 0 amide bonds. The summed E-state index contributed by atoms with van der Waals surface area (Å²) in [6.07, 6.45) is 4.05. The predicted octanol–water partition coefficient (Wildman–Crippen LogP) is 4.00. The Hall–Kier alpha value is -1.32. The molecule has 0 bridgehead atoms. The Bertz CT molecular complexity index is 342. The number of aliphatic hydroxyl groups is 2. The topological polar surface area (TPSA) is 49.7 Å². The minimum atomic E-state index is 0.0696. The lowest BCUT2D eigenvalue weighted by Crippen LogP contribution is -2.03. The highest BCUT2D eigenvalue weighted by Crippen LogP contribution is 2.33. The zero-order chi connectivity index (χ0) is 14.7. The van der Waals surface area contributed by atoms with Gasteiger partial charge in [-0.25, -0.2) is 0 Å². The number of benzene rings is 1. The van der Waals surface area contributed by atoms with Gasteiger partial charge in [-0.15, -0.1) is 0 Å². The van der Waals surface area contributed by atoms with E-state index in [4.69, 9.17) is 14.9 Å². The van der Waals surface area contributed by atoms with Gasteiger partial charge in [-0.05, 0) is 31.4 Å². The molecule has 1 aromatic carbocycles. The van der Waals surface area contributed by atoms with E-state index in [-0.39, 0.29) is 12.2 Å². The van der Waals surface area contributed by atoms with Gasteiger partial charge >= 0.3 is 0 Å². The molecule has 19 heavy (non-hydrogen) atoms. The van der Waals surface area contributed by atoms with E-state index in [1.54, 1.807) is 13.0 Å². The highest BCUT2D eigenvalue weighted by Gasteiger charge is 2.24. The van der Waals surface area contributed by atoms with Gasteiger partial charge in [0.25, 0.3) is 0 Å². The van der Waals surface area contributed by atoms with Crippen molar-refractivity contribution >= 4 is 0 Å². The summed E-state index contributed by atoms with van der Waals surface area (Å²) < 4.78 is 5.82. The molecule has 108 valence electrons. The molecule has 0 spiro atoms. The van der Waals surface area contributed by atoms with E-state index in [2.05, 4.69) is 12.1 Å². The zero-order valence-electron chi connectivity index (χ0n) is 12.3. The molecule has 0 aromatic heterocycles. The van der Waals surface area contributed by atoms with E-state index in [0.29, 0.717) is 5.76 Å².